The van der Waals surface area contributed by atoms with Crippen molar-refractivity contribution in [3.05, 3.63) is 24.3 Å². The highest BCUT2D eigenvalue weighted by molar-refractivity contribution is 5.83. The number of para-hydroxylation sites is 2. The van der Waals surface area contributed by atoms with E-state index in [0.717, 1.165) is 38.9 Å². The van der Waals surface area contributed by atoms with E-state index in [1.54, 1.807) is 0 Å². The minimum atomic E-state index is 0.232. The fourth-order valence-corrected chi connectivity index (χ4v) is 3.53. The molecule has 1 aromatic rings. The van der Waals surface area contributed by atoms with Crippen molar-refractivity contribution in [1.82, 2.24) is 0 Å². The molecule has 0 aromatic heterocycles. The number of rotatable bonds is 2. The van der Waals surface area contributed by atoms with Crippen LogP contribution in [-0.4, -0.2) is 32.5 Å². The van der Waals surface area contributed by atoms with Crippen LogP contribution in [0.5, 0.6) is 0 Å². The van der Waals surface area contributed by atoms with Gasteiger partial charge < -0.3 is 9.80 Å². The van der Waals surface area contributed by atoms with E-state index in [2.05, 4.69) is 48.0 Å². The van der Waals surface area contributed by atoms with E-state index in [9.17, 15) is 4.79 Å². The molecule has 3 nitrogen and oxygen atoms in total. The summed E-state index contributed by atoms with van der Waals surface area (Å²) < 4.78 is 0. The van der Waals surface area contributed by atoms with E-state index in [4.69, 9.17) is 0 Å². The predicted octanol–water partition coefficient (Wildman–Crippen LogP) is 2.95. The third-order valence-corrected chi connectivity index (χ3v) is 4.81. The van der Waals surface area contributed by atoms with Gasteiger partial charge in [0.05, 0.1) is 11.4 Å². The molecular formula is C17H24N2O. The van der Waals surface area contributed by atoms with Crippen molar-refractivity contribution in [2.24, 2.45) is 11.8 Å². The van der Waals surface area contributed by atoms with Crippen molar-refractivity contribution >= 4 is 17.2 Å². The average Bonchev–Trinajstić information content (AvgIpc) is 2.46. The first-order valence-electron chi connectivity index (χ1n) is 7.73. The summed E-state index contributed by atoms with van der Waals surface area (Å²) in [5.41, 5.74) is 2.57. The van der Waals surface area contributed by atoms with Gasteiger partial charge in [-0.1, -0.05) is 19.1 Å². The molecule has 1 aliphatic heterocycles. The number of hydrogen-bond donors (Lipinski definition) is 0. The van der Waals surface area contributed by atoms with Crippen LogP contribution < -0.4 is 9.80 Å². The Morgan fingerprint density at radius 3 is 2.75 bits per heavy atom. The van der Waals surface area contributed by atoms with Crippen LogP contribution in [0.3, 0.4) is 0 Å². The number of ketones is 1. The second kappa shape index (κ2) is 5.47. The van der Waals surface area contributed by atoms with Gasteiger partial charge in [0.25, 0.3) is 0 Å². The summed E-state index contributed by atoms with van der Waals surface area (Å²) in [4.78, 5) is 16.9. The van der Waals surface area contributed by atoms with Crippen molar-refractivity contribution in [3.8, 4) is 0 Å². The maximum Gasteiger partial charge on any atom is 0.137 e. The van der Waals surface area contributed by atoms with E-state index in [1.165, 1.54) is 11.4 Å². The van der Waals surface area contributed by atoms with E-state index in [1.807, 2.05) is 0 Å². The first-order chi connectivity index (χ1) is 9.65. The third-order valence-electron chi connectivity index (χ3n) is 4.81. The van der Waals surface area contributed by atoms with Crippen LogP contribution in [0.4, 0.5) is 11.4 Å². The zero-order chi connectivity index (χ0) is 14.1. The largest absolute Gasteiger partial charge is 0.371 e. The summed E-state index contributed by atoms with van der Waals surface area (Å²) in [6, 6.07) is 8.54. The highest BCUT2D eigenvalue weighted by Crippen LogP contribution is 2.34. The zero-order valence-corrected chi connectivity index (χ0v) is 12.5. The van der Waals surface area contributed by atoms with Crippen molar-refractivity contribution in [2.45, 2.75) is 26.2 Å². The highest BCUT2D eigenvalue weighted by atomic mass is 16.1. The zero-order valence-electron chi connectivity index (χ0n) is 12.5. The molecule has 108 valence electrons. The Balaban J connectivity index is 1.78. The Morgan fingerprint density at radius 1 is 1.20 bits per heavy atom. The molecule has 1 aromatic carbocycles. The molecule has 1 aliphatic carbocycles. The molecule has 0 radical (unpaired) electrons. The molecule has 0 saturated heterocycles. The lowest BCUT2D eigenvalue weighted by atomic mass is 9.81. The molecule has 2 aliphatic rings. The molecule has 20 heavy (non-hydrogen) atoms. The van der Waals surface area contributed by atoms with Crippen LogP contribution in [0, 0.1) is 11.8 Å². The van der Waals surface area contributed by atoms with E-state index in [0.29, 0.717) is 11.7 Å². The number of anilines is 2. The van der Waals surface area contributed by atoms with Gasteiger partial charge >= 0.3 is 0 Å². The standard InChI is InChI=1S/C17H24N2O/c1-13-7-8-17(20)14(11-13)12-19-10-9-18(2)15-5-3-4-6-16(15)19/h3-6,13-14H,7-12H2,1-2H3. The fourth-order valence-electron chi connectivity index (χ4n) is 3.53. The molecular weight excluding hydrogens is 248 g/mol. The SMILES string of the molecule is CC1CCC(=O)C(CN2CCN(C)c3ccccc32)C1. The molecule has 0 spiro atoms. The second-order valence-electron chi connectivity index (χ2n) is 6.40. The van der Waals surface area contributed by atoms with Crippen molar-refractivity contribution in [1.29, 1.82) is 0 Å². The van der Waals surface area contributed by atoms with Gasteiger partial charge in [-0.2, -0.15) is 0 Å². The number of benzene rings is 1. The summed E-state index contributed by atoms with van der Waals surface area (Å²) >= 11 is 0. The number of nitrogens with zero attached hydrogens (tertiary/aromatic N) is 2. The molecule has 0 bridgehead atoms. The van der Waals surface area contributed by atoms with Crippen LogP contribution in [-0.2, 0) is 4.79 Å². The fraction of sp³-hybridized carbons (Fsp3) is 0.588. The molecule has 0 N–H and O–H groups in total. The maximum atomic E-state index is 12.2. The number of hydrogen-bond acceptors (Lipinski definition) is 3. The number of carbonyl (C=O) groups excluding carboxylic acids is 1. The number of Topliss-reactive ketones (excluding diaryl/α,β-unsaturated/α-hetero) is 1. The smallest absolute Gasteiger partial charge is 0.137 e. The lowest BCUT2D eigenvalue weighted by Gasteiger charge is -2.39. The topological polar surface area (TPSA) is 23.6 Å². The molecule has 1 saturated carbocycles. The number of carbonyl (C=O) groups is 1. The molecule has 1 fully saturated rings. The van der Waals surface area contributed by atoms with Gasteiger partial charge in [-0.3, -0.25) is 4.79 Å². The van der Waals surface area contributed by atoms with Gasteiger partial charge in [-0.25, -0.2) is 0 Å². The van der Waals surface area contributed by atoms with E-state index >= 15 is 0 Å². The lowest BCUT2D eigenvalue weighted by molar-refractivity contribution is -0.125. The molecule has 3 rings (SSSR count). The summed E-state index contributed by atoms with van der Waals surface area (Å²) in [5.74, 6) is 1.40. The van der Waals surface area contributed by atoms with Crippen LogP contribution in [0.2, 0.25) is 0 Å². The maximum absolute atomic E-state index is 12.2. The molecule has 1 heterocycles. The number of likely N-dealkylation sites (N-methyl/N-ethyl adjacent to an activating group) is 1. The van der Waals surface area contributed by atoms with Gasteiger partial charge in [-0.15, -0.1) is 0 Å². The molecule has 2 unspecified atom stereocenters. The predicted molar refractivity (Wildman–Crippen MR) is 83.4 cm³/mol. The summed E-state index contributed by atoms with van der Waals surface area (Å²) in [6.07, 6.45) is 2.92. The number of fused-ring (bicyclic) bond motifs is 1. The summed E-state index contributed by atoms with van der Waals surface area (Å²) in [7, 11) is 2.14. The van der Waals surface area contributed by atoms with Crippen molar-refractivity contribution < 1.29 is 4.79 Å². The Kier molecular flexibility index (Phi) is 3.68. The molecule has 2 atom stereocenters. The van der Waals surface area contributed by atoms with Gasteiger partial charge in [0, 0.05) is 39.0 Å². The second-order valence-corrected chi connectivity index (χ2v) is 6.40. The third kappa shape index (κ3) is 2.54. The van der Waals surface area contributed by atoms with Crippen LogP contribution in [0.25, 0.3) is 0 Å². The average molecular weight is 272 g/mol. The minimum absolute atomic E-state index is 0.232. The van der Waals surface area contributed by atoms with Gasteiger partial charge in [0.1, 0.15) is 5.78 Å². The van der Waals surface area contributed by atoms with Gasteiger partial charge in [-0.05, 0) is 30.9 Å². The first kappa shape index (κ1) is 13.5. The summed E-state index contributed by atoms with van der Waals surface area (Å²) in [5, 5.41) is 0. The summed E-state index contributed by atoms with van der Waals surface area (Å²) in [6.45, 7) is 5.23. The normalized spacial score (nSPS) is 26.6. The molecule has 0 amide bonds. The quantitative estimate of drug-likeness (QED) is 0.827. The van der Waals surface area contributed by atoms with Gasteiger partial charge in [0.2, 0.25) is 0 Å². The lowest BCUT2D eigenvalue weighted by Crippen LogP contribution is -2.43. The Labute approximate surface area is 121 Å². The van der Waals surface area contributed by atoms with Crippen LogP contribution in [0.1, 0.15) is 26.2 Å². The van der Waals surface area contributed by atoms with Crippen LogP contribution >= 0.6 is 0 Å². The van der Waals surface area contributed by atoms with Crippen molar-refractivity contribution in [3.63, 3.8) is 0 Å². The van der Waals surface area contributed by atoms with E-state index in [-0.39, 0.29) is 5.92 Å². The monoisotopic (exact) mass is 272 g/mol. The van der Waals surface area contributed by atoms with E-state index < -0.39 is 0 Å². The Bertz CT molecular complexity index is 500. The van der Waals surface area contributed by atoms with Gasteiger partial charge in [0.15, 0.2) is 0 Å². The Hall–Kier alpha value is -1.51. The molecule has 3 heteroatoms. The minimum Gasteiger partial charge on any atom is -0.371 e. The van der Waals surface area contributed by atoms with Crippen molar-refractivity contribution in [2.75, 3.05) is 36.5 Å². The first-order valence-corrected chi connectivity index (χ1v) is 7.73. The highest BCUT2D eigenvalue weighted by Gasteiger charge is 2.30. The van der Waals surface area contributed by atoms with Crippen LogP contribution in [0.15, 0.2) is 24.3 Å². The Morgan fingerprint density at radius 2 is 1.95 bits per heavy atom.